The van der Waals surface area contributed by atoms with Crippen LogP contribution in [0, 0.1) is 6.92 Å². The lowest BCUT2D eigenvalue weighted by Gasteiger charge is -2.18. The first-order valence-electron chi connectivity index (χ1n) is 7.63. The summed E-state index contributed by atoms with van der Waals surface area (Å²) in [6.07, 6.45) is 3.85. The highest BCUT2D eigenvalue weighted by Gasteiger charge is 2.13. The zero-order chi connectivity index (χ0) is 16.8. The van der Waals surface area contributed by atoms with E-state index in [1.54, 1.807) is 25.1 Å². The molecule has 124 valence electrons. The third-order valence-electron chi connectivity index (χ3n) is 3.61. The SMILES string of the molecule is Cc1ccccc1-n1ccnc1SCC(=O)N(C)CCC(C)O. The number of amides is 1. The number of hydrogen-bond donors (Lipinski definition) is 1. The van der Waals surface area contributed by atoms with Crippen molar-refractivity contribution in [3.8, 4) is 5.69 Å². The largest absolute Gasteiger partial charge is 0.393 e. The van der Waals surface area contributed by atoms with E-state index in [1.165, 1.54) is 11.8 Å². The van der Waals surface area contributed by atoms with Crippen LogP contribution in [0.4, 0.5) is 0 Å². The number of imidazole rings is 1. The predicted molar refractivity (Wildman–Crippen MR) is 93.0 cm³/mol. The van der Waals surface area contributed by atoms with Crippen LogP contribution in [0.1, 0.15) is 18.9 Å². The molecule has 0 radical (unpaired) electrons. The fourth-order valence-corrected chi connectivity index (χ4v) is 3.06. The van der Waals surface area contributed by atoms with Gasteiger partial charge in [-0.2, -0.15) is 0 Å². The number of benzene rings is 1. The van der Waals surface area contributed by atoms with Crippen molar-refractivity contribution >= 4 is 17.7 Å². The van der Waals surface area contributed by atoms with Gasteiger partial charge in [0.1, 0.15) is 0 Å². The van der Waals surface area contributed by atoms with Crippen molar-refractivity contribution in [1.29, 1.82) is 0 Å². The third-order valence-corrected chi connectivity index (χ3v) is 4.57. The first-order chi connectivity index (χ1) is 11.0. The maximum absolute atomic E-state index is 12.2. The van der Waals surface area contributed by atoms with E-state index >= 15 is 0 Å². The van der Waals surface area contributed by atoms with E-state index in [9.17, 15) is 9.90 Å². The number of carbonyl (C=O) groups is 1. The van der Waals surface area contributed by atoms with Crippen LogP contribution < -0.4 is 0 Å². The first kappa shape index (κ1) is 17.6. The molecule has 1 heterocycles. The highest BCUT2D eigenvalue weighted by molar-refractivity contribution is 7.99. The summed E-state index contributed by atoms with van der Waals surface area (Å²) in [6.45, 7) is 4.34. The number of aliphatic hydroxyl groups is 1. The van der Waals surface area contributed by atoms with Crippen LogP contribution in [0.3, 0.4) is 0 Å². The summed E-state index contributed by atoms with van der Waals surface area (Å²) in [6, 6.07) is 8.09. The van der Waals surface area contributed by atoms with Crippen molar-refractivity contribution in [1.82, 2.24) is 14.5 Å². The predicted octanol–water partition coefficient (Wildman–Crippen LogP) is 2.50. The molecule has 1 unspecified atom stereocenters. The Hall–Kier alpha value is -1.79. The van der Waals surface area contributed by atoms with Gasteiger partial charge in [-0.05, 0) is 31.9 Å². The Morgan fingerprint density at radius 3 is 2.87 bits per heavy atom. The fraction of sp³-hybridized carbons (Fsp3) is 0.412. The second kappa shape index (κ2) is 8.17. The fourth-order valence-electron chi connectivity index (χ4n) is 2.16. The Balaban J connectivity index is 1.99. The highest BCUT2D eigenvalue weighted by atomic mass is 32.2. The van der Waals surface area contributed by atoms with Gasteiger partial charge in [-0.1, -0.05) is 30.0 Å². The Kier molecular flexibility index (Phi) is 6.24. The molecule has 1 aromatic heterocycles. The molecule has 0 aliphatic heterocycles. The van der Waals surface area contributed by atoms with Gasteiger partial charge in [-0.15, -0.1) is 0 Å². The summed E-state index contributed by atoms with van der Waals surface area (Å²) >= 11 is 1.43. The van der Waals surface area contributed by atoms with E-state index in [0.717, 1.165) is 16.4 Å². The molecule has 0 aliphatic rings. The van der Waals surface area contributed by atoms with Crippen molar-refractivity contribution in [2.45, 2.75) is 31.5 Å². The number of aromatic nitrogens is 2. The van der Waals surface area contributed by atoms with Crippen molar-refractivity contribution < 1.29 is 9.90 Å². The van der Waals surface area contributed by atoms with Gasteiger partial charge in [0.05, 0.1) is 17.5 Å². The van der Waals surface area contributed by atoms with Crippen molar-refractivity contribution in [3.05, 3.63) is 42.2 Å². The van der Waals surface area contributed by atoms with E-state index in [4.69, 9.17) is 0 Å². The van der Waals surface area contributed by atoms with E-state index in [0.29, 0.717) is 18.7 Å². The summed E-state index contributed by atoms with van der Waals surface area (Å²) < 4.78 is 2.00. The summed E-state index contributed by atoms with van der Waals surface area (Å²) in [5, 5.41) is 10.1. The molecule has 1 atom stereocenters. The molecule has 0 spiro atoms. The molecule has 23 heavy (non-hydrogen) atoms. The number of carbonyl (C=O) groups excluding carboxylic acids is 1. The van der Waals surface area contributed by atoms with Crippen LogP contribution in [0.2, 0.25) is 0 Å². The summed E-state index contributed by atoms with van der Waals surface area (Å²) in [5.74, 6) is 0.370. The summed E-state index contributed by atoms with van der Waals surface area (Å²) in [7, 11) is 1.76. The molecule has 1 N–H and O–H groups in total. The molecule has 0 aliphatic carbocycles. The van der Waals surface area contributed by atoms with Gasteiger partial charge in [-0.3, -0.25) is 9.36 Å². The average molecular weight is 333 g/mol. The van der Waals surface area contributed by atoms with Crippen molar-refractivity contribution in [3.63, 3.8) is 0 Å². The molecule has 2 rings (SSSR count). The molecule has 0 fully saturated rings. The topological polar surface area (TPSA) is 58.4 Å². The molecule has 2 aromatic rings. The number of aryl methyl sites for hydroxylation is 1. The minimum absolute atomic E-state index is 0.0370. The Labute approximate surface area is 141 Å². The molecule has 0 saturated heterocycles. The minimum Gasteiger partial charge on any atom is -0.393 e. The van der Waals surface area contributed by atoms with Crippen molar-refractivity contribution in [2.75, 3.05) is 19.3 Å². The molecular weight excluding hydrogens is 310 g/mol. The molecule has 1 aromatic carbocycles. The maximum Gasteiger partial charge on any atom is 0.232 e. The van der Waals surface area contributed by atoms with Gasteiger partial charge in [0.25, 0.3) is 0 Å². The van der Waals surface area contributed by atoms with Crippen LogP contribution >= 0.6 is 11.8 Å². The summed E-state index contributed by atoms with van der Waals surface area (Å²) in [5.41, 5.74) is 2.23. The van der Waals surface area contributed by atoms with Crippen LogP contribution in [0.25, 0.3) is 5.69 Å². The third kappa shape index (κ3) is 4.84. The number of hydrogen-bond acceptors (Lipinski definition) is 4. The standard InChI is InChI=1S/C17H23N3O2S/c1-13-6-4-5-7-15(13)20-11-9-18-17(20)23-12-16(22)19(3)10-8-14(2)21/h4-7,9,11,14,21H,8,10,12H2,1-3H3. The molecular formula is C17H23N3O2S. The molecule has 1 amide bonds. The lowest BCUT2D eigenvalue weighted by molar-refractivity contribution is -0.127. The van der Waals surface area contributed by atoms with Gasteiger partial charge in [-0.25, -0.2) is 4.98 Å². The lowest BCUT2D eigenvalue weighted by atomic mass is 10.2. The van der Waals surface area contributed by atoms with Crippen LogP contribution in [-0.2, 0) is 4.79 Å². The smallest absolute Gasteiger partial charge is 0.232 e. The maximum atomic E-state index is 12.2. The lowest BCUT2D eigenvalue weighted by Crippen LogP contribution is -2.30. The Morgan fingerprint density at radius 1 is 1.43 bits per heavy atom. The van der Waals surface area contributed by atoms with Crippen LogP contribution in [0.15, 0.2) is 41.8 Å². The monoisotopic (exact) mass is 333 g/mol. The van der Waals surface area contributed by atoms with Crippen LogP contribution in [-0.4, -0.2) is 50.9 Å². The molecule has 6 heteroatoms. The zero-order valence-electron chi connectivity index (χ0n) is 13.8. The second-order valence-corrected chi connectivity index (χ2v) is 6.55. The number of rotatable bonds is 7. The normalized spacial score (nSPS) is 12.2. The van der Waals surface area contributed by atoms with E-state index in [2.05, 4.69) is 18.0 Å². The van der Waals surface area contributed by atoms with Gasteiger partial charge in [0.15, 0.2) is 5.16 Å². The second-order valence-electron chi connectivity index (χ2n) is 5.61. The number of nitrogens with zero attached hydrogens (tertiary/aromatic N) is 3. The quantitative estimate of drug-likeness (QED) is 0.791. The molecule has 5 nitrogen and oxygen atoms in total. The molecule has 0 bridgehead atoms. The minimum atomic E-state index is -0.391. The number of aliphatic hydroxyl groups excluding tert-OH is 1. The number of thioether (sulfide) groups is 1. The van der Waals surface area contributed by atoms with E-state index in [-0.39, 0.29) is 5.91 Å². The molecule has 0 saturated carbocycles. The van der Waals surface area contributed by atoms with Gasteiger partial charge in [0.2, 0.25) is 5.91 Å². The number of para-hydroxylation sites is 1. The van der Waals surface area contributed by atoms with Gasteiger partial charge < -0.3 is 10.0 Å². The summed E-state index contributed by atoms with van der Waals surface area (Å²) in [4.78, 5) is 18.2. The van der Waals surface area contributed by atoms with E-state index in [1.807, 2.05) is 29.0 Å². The van der Waals surface area contributed by atoms with Crippen LogP contribution in [0.5, 0.6) is 0 Å². The van der Waals surface area contributed by atoms with Gasteiger partial charge in [0, 0.05) is 26.0 Å². The Morgan fingerprint density at radius 2 is 2.17 bits per heavy atom. The van der Waals surface area contributed by atoms with E-state index < -0.39 is 6.10 Å². The van der Waals surface area contributed by atoms with Gasteiger partial charge >= 0.3 is 0 Å². The first-order valence-corrected chi connectivity index (χ1v) is 8.61. The average Bonchev–Trinajstić information content (AvgIpc) is 2.98. The van der Waals surface area contributed by atoms with Crippen molar-refractivity contribution in [2.24, 2.45) is 0 Å². The highest BCUT2D eigenvalue weighted by Crippen LogP contribution is 2.22. The zero-order valence-corrected chi connectivity index (χ0v) is 14.6. The Bertz CT molecular complexity index is 655.